The van der Waals surface area contributed by atoms with Crippen molar-refractivity contribution in [2.24, 2.45) is 0 Å². The molecule has 0 aliphatic carbocycles. The molecule has 0 spiro atoms. The molecule has 9 nitrogen and oxygen atoms in total. The van der Waals surface area contributed by atoms with Gasteiger partial charge in [0.15, 0.2) is 11.6 Å². The molecular weight excluding hydrogens is 427 g/mol. The molecule has 0 aromatic heterocycles. The second-order valence-corrected chi connectivity index (χ2v) is 9.84. The molecule has 174 valence electrons. The van der Waals surface area contributed by atoms with Crippen molar-refractivity contribution in [1.82, 2.24) is 19.8 Å². The predicted octanol–water partition coefficient (Wildman–Crippen LogP) is 0.760. The topological polar surface area (TPSA) is 100 Å². The first kappa shape index (κ1) is 23.7. The monoisotopic (exact) mass is 458 g/mol. The summed E-state index contributed by atoms with van der Waals surface area (Å²) in [6, 6.07) is 4.64. The highest BCUT2D eigenvalue weighted by atomic mass is 32.2. The molecule has 2 amide bonds. The number of rotatable bonds is 8. The molecular formula is C20H31FN4O5S. The third-order valence-corrected chi connectivity index (χ3v) is 7.43. The number of halogens is 1. The van der Waals surface area contributed by atoms with E-state index in [1.807, 2.05) is 6.07 Å². The summed E-state index contributed by atoms with van der Waals surface area (Å²) in [5.41, 5.74) is 0.879. The van der Waals surface area contributed by atoms with E-state index < -0.39 is 10.0 Å². The van der Waals surface area contributed by atoms with Crippen LogP contribution in [0, 0.1) is 5.82 Å². The first-order valence-corrected chi connectivity index (χ1v) is 12.1. The molecule has 0 radical (unpaired) electrons. The van der Waals surface area contributed by atoms with E-state index in [4.69, 9.17) is 9.47 Å². The Kier molecular flexibility index (Phi) is 8.47. The third-order valence-electron chi connectivity index (χ3n) is 5.55. The second kappa shape index (κ2) is 11.1. The third kappa shape index (κ3) is 7.03. The van der Waals surface area contributed by atoms with Crippen LogP contribution in [0.1, 0.15) is 18.4 Å². The van der Waals surface area contributed by atoms with Gasteiger partial charge in [-0.2, -0.15) is 4.31 Å². The molecule has 0 unspecified atom stereocenters. The average molecular weight is 459 g/mol. The molecule has 0 saturated carbocycles. The van der Waals surface area contributed by atoms with Gasteiger partial charge in [0.1, 0.15) is 0 Å². The quantitative estimate of drug-likeness (QED) is 0.597. The van der Waals surface area contributed by atoms with E-state index in [-0.39, 0.29) is 35.9 Å². The zero-order chi connectivity index (χ0) is 22.3. The Morgan fingerprint density at radius 2 is 1.94 bits per heavy atom. The molecule has 2 fully saturated rings. The molecule has 11 heteroatoms. The van der Waals surface area contributed by atoms with Crippen LogP contribution in [-0.4, -0.2) is 88.5 Å². The van der Waals surface area contributed by atoms with E-state index in [9.17, 15) is 17.6 Å². The van der Waals surface area contributed by atoms with Gasteiger partial charge in [-0.3, -0.25) is 4.90 Å². The van der Waals surface area contributed by atoms with Crippen molar-refractivity contribution < 1.29 is 27.1 Å². The molecule has 2 heterocycles. The van der Waals surface area contributed by atoms with Gasteiger partial charge in [-0.05, 0) is 30.5 Å². The van der Waals surface area contributed by atoms with E-state index in [1.165, 1.54) is 17.5 Å². The van der Waals surface area contributed by atoms with E-state index in [0.717, 1.165) is 31.5 Å². The van der Waals surface area contributed by atoms with E-state index in [1.54, 1.807) is 6.07 Å². The Labute approximate surface area is 182 Å². The van der Waals surface area contributed by atoms with Gasteiger partial charge in [-0.15, -0.1) is 0 Å². The van der Waals surface area contributed by atoms with Crippen LogP contribution in [0.4, 0.5) is 9.18 Å². The largest absolute Gasteiger partial charge is 0.494 e. The maximum absolute atomic E-state index is 13.8. The van der Waals surface area contributed by atoms with Crippen LogP contribution >= 0.6 is 0 Å². The second-order valence-electron chi connectivity index (χ2n) is 7.75. The number of hydrogen-bond acceptors (Lipinski definition) is 6. The lowest BCUT2D eigenvalue weighted by Gasteiger charge is -2.32. The highest BCUT2D eigenvalue weighted by Gasteiger charge is 2.25. The van der Waals surface area contributed by atoms with Crippen molar-refractivity contribution in [2.75, 3.05) is 58.8 Å². The Morgan fingerprint density at radius 3 is 2.58 bits per heavy atom. The number of carbonyl (C=O) groups is 1. The Balaban J connectivity index is 1.34. The number of piperidine rings is 1. The van der Waals surface area contributed by atoms with Gasteiger partial charge in [0.05, 0.1) is 26.1 Å². The van der Waals surface area contributed by atoms with Gasteiger partial charge in [0.25, 0.3) is 0 Å². The Bertz CT molecular complexity index is 840. The van der Waals surface area contributed by atoms with Crippen LogP contribution in [0.5, 0.6) is 5.75 Å². The van der Waals surface area contributed by atoms with Crippen LogP contribution in [0.25, 0.3) is 0 Å². The number of ether oxygens (including phenoxy) is 2. The SMILES string of the molecule is COc1ccc(CN2CCC(NC(=O)NCCS(=O)(=O)N3CCOCC3)CC2)cc1F. The molecule has 0 atom stereocenters. The summed E-state index contributed by atoms with van der Waals surface area (Å²) in [5.74, 6) is -0.267. The number of urea groups is 1. The molecule has 2 saturated heterocycles. The lowest BCUT2D eigenvalue weighted by molar-refractivity contribution is 0.0730. The van der Waals surface area contributed by atoms with Gasteiger partial charge in [0.2, 0.25) is 10.0 Å². The summed E-state index contributed by atoms with van der Waals surface area (Å²) >= 11 is 0. The molecule has 2 aliphatic rings. The zero-order valence-corrected chi connectivity index (χ0v) is 18.6. The normalized spacial score (nSPS) is 19.2. The lowest BCUT2D eigenvalue weighted by Crippen LogP contribution is -2.49. The van der Waals surface area contributed by atoms with Crippen molar-refractivity contribution in [1.29, 1.82) is 0 Å². The number of benzene rings is 1. The summed E-state index contributed by atoms with van der Waals surface area (Å²) in [7, 11) is -1.95. The minimum atomic E-state index is -3.39. The Morgan fingerprint density at radius 1 is 1.23 bits per heavy atom. The van der Waals surface area contributed by atoms with E-state index in [2.05, 4.69) is 15.5 Å². The highest BCUT2D eigenvalue weighted by molar-refractivity contribution is 7.89. The van der Waals surface area contributed by atoms with Crippen molar-refractivity contribution in [2.45, 2.75) is 25.4 Å². The fraction of sp³-hybridized carbons (Fsp3) is 0.650. The number of sulfonamides is 1. The molecule has 1 aromatic carbocycles. The van der Waals surface area contributed by atoms with Gasteiger partial charge in [-0.1, -0.05) is 6.07 Å². The maximum atomic E-state index is 13.8. The first-order chi connectivity index (χ1) is 14.9. The van der Waals surface area contributed by atoms with Gasteiger partial charge in [-0.25, -0.2) is 17.6 Å². The Hall–Kier alpha value is -1.95. The van der Waals surface area contributed by atoms with Crippen molar-refractivity contribution in [3.63, 3.8) is 0 Å². The smallest absolute Gasteiger partial charge is 0.315 e. The molecule has 2 N–H and O–H groups in total. The summed E-state index contributed by atoms with van der Waals surface area (Å²) in [4.78, 5) is 14.3. The van der Waals surface area contributed by atoms with Gasteiger partial charge < -0.3 is 20.1 Å². The van der Waals surface area contributed by atoms with Crippen molar-refractivity contribution in [3.05, 3.63) is 29.6 Å². The molecule has 31 heavy (non-hydrogen) atoms. The van der Waals surface area contributed by atoms with Gasteiger partial charge >= 0.3 is 6.03 Å². The number of morpholine rings is 1. The molecule has 2 aliphatic heterocycles. The summed E-state index contributed by atoms with van der Waals surface area (Å²) in [5, 5.41) is 5.55. The van der Waals surface area contributed by atoms with Gasteiger partial charge in [0, 0.05) is 45.3 Å². The van der Waals surface area contributed by atoms with Crippen LogP contribution in [-0.2, 0) is 21.3 Å². The van der Waals surface area contributed by atoms with Crippen LogP contribution < -0.4 is 15.4 Å². The van der Waals surface area contributed by atoms with Crippen LogP contribution in [0.15, 0.2) is 18.2 Å². The van der Waals surface area contributed by atoms with E-state index >= 15 is 0 Å². The van der Waals surface area contributed by atoms with Crippen molar-refractivity contribution >= 4 is 16.1 Å². The first-order valence-electron chi connectivity index (χ1n) is 10.5. The average Bonchev–Trinajstić information content (AvgIpc) is 2.76. The number of nitrogens with one attached hydrogen (secondary N) is 2. The number of amides is 2. The van der Waals surface area contributed by atoms with E-state index in [0.29, 0.717) is 32.8 Å². The standard InChI is InChI=1S/C20H31FN4O5S/c1-29-19-3-2-16(14-18(19)21)15-24-7-4-17(5-8-24)23-20(26)22-6-13-31(27,28)25-9-11-30-12-10-25/h2-3,14,17H,4-13,15H2,1H3,(H2,22,23,26). The predicted molar refractivity (Wildman–Crippen MR) is 114 cm³/mol. The fourth-order valence-electron chi connectivity index (χ4n) is 3.79. The van der Waals surface area contributed by atoms with Crippen LogP contribution in [0.3, 0.4) is 0 Å². The fourth-order valence-corrected chi connectivity index (χ4v) is 5.11. The lowest BCUT2D eigenvalue weighted by atomic mass is 10.0. The highest BCUT2D eigenvalue weighted by Crippen LogP contribution is 2.20. The minimum absolute atomic E-state index is 0.0275. The van der Waals surface area contributed by atoms with Crippen molar-refractivity contribution in [3.8, 4) is 5.75 Å². The summed E-state index contributed by atoms with van der Waals surface area (Å²) < 4.78 is 49.9. The maximum Gasteiger partial charge on any atom is 0.315 e. The summed E-state index contributed by atoms with van der Waals surface area (Å²) in [6.07, 6.45) is 1.55. The molecule has 3 rings (SSSR count). The summed E-state index contributed by atoms with van der Waals surface area (Å²) in [6.45, 7) is 3.78. The molecule has 1 aromatic rings. The number of hydrogen-bond donors (Lipinski definition) is 2. The molecule has 0 bridgehead atoms. The minimum Gasteiger partial charge on any atom is -0.494 e. The van der Waals surface area contributed by atoms with Crippen LogP contribution in [0.2, 0.25) is 0 Å². The zero-order valence-electron chi connectivity index (χ0n) is 17.8. The number of methoxy groups -OCH3 is 1. The number of nitrogens with zero attached hydrogens (tertiary/aromatic N) is 2. The number of carbonyl (C=O) groups excluding carboxylic acids is 1. The number of likely N-dealkylation sites (tertiary alicyclic amines) is 1.